The minimum absolute atomic E-state index is 0.161. The molecule has 0 saturated carbocycles. The highest BCUT2D eigenvalue weighted by Gasteiger charge is 2.24. The quantitative estimate of drug-likeness (QED) is 0.679. The molecule has 1 amide bonds. The van der Waals surface area contributed by atoms with E-state index in [1.54, 1.807) is 5.01 Å². The van der Waals surface area contributed by atoms with E-state index in [1.807, 2.05) is 0 Å². The van der Waals surface area contributed by atoms with Gasteiger partial charge in [0, 0.05) is 6.54 Å². The summed E-state index contributed by atoms with van der Waals surface area (Å²) in [5.41, 5.74) is 1.03. The molecule has 1 aliphatic rings. The molecule has 0 aromatic heterocycles. The van der Waals surface area contributed by atoms with Crippen LogP contribution in [0.3, 0.4) is 0 Å². The van der Waals surface area contributed by atoms with Gasteiger partial charge in [0.1, 0.15) is 0 Å². The van der Waals surface area contributed by atoms with Crippen LogP contribution in [0.4, 0.5) is 0 Å². The number of amides is 1. The van der Waals surface area contributed by atoms with Crippen molar-refractivity contribution in [2.45, 2.75) is 40.5 Å². The van der Waals surface area contributed by atoms with Crippen LogP contribution in [0.25, 0.3) is 0 Å². The van der Waals surface area contributed by atoms with Crippen LogP contribution in [0.1, 0.15) is 40.5 Å². The Bertz CT molecular complexity index is 244. The summed E-state index contributed by atoms with van der Waals surface area (Å²) >= 11 is 0. The predicted octanol–water partition coefficient (Wildman–Crippen LogP) is 2.28. The van der Waals surface area contributed by atoms with Crippen molar-refractivity contribution >= 4 is 11.6 Å². The molecule has 3 heteroatoms. The van der Waals surface area contributed by atoms with Gasteiger partial charge in [-0.2, -0.15) is 5.10 Å². The fourth-order valence-corrected chi connectivity index (χ4v) is 1.37. The molecule has 0 atom stereocenters. The van der Waals surface area contributed by atoms with Crippen LogP contribution < -0.4 is 0 Å². The highest BCUT2D eigenvalue weighted by molar-refractivity contribution is 6.05. The van der Waals surface area contributed by atoms with Crippen LogP contribution in [0.2, 0.25) is 0 Å². The SMILES string of the molecule is CC(C)CCN1N=C(C(C)C)CC1=O. The van der Waals surface area contributed by atoms with Gasteiger partial charge in [-0.25, -0.2) is 5.01 Å². The molecule has 0 saturated heterocycles. The summed E-state index contributed by atoms with van der Waals surface area (Å²) in [4.78, 5) is 11.5. The van der Waals surface area contributed by atoms with Gasteiger partial charge in [-0.1, -0.05) is 27.7 Å². The van der Waals surface area contributed by atoms with E-state index in [1.165, 1.54) is 0 Å². The van der Waals surface area contributed by atoms with Crippen LogP contribution in [-0.4, -0.2) is 23.2 Å². The summed E-state index contributed by atoms with van der Waals surface area (Å²) < 4.78 is 0. The molecule has 0 radical (unpaired) electrons. The Hall–Kier alpha value is -0.860. The molecule has 1 rings (SSSR count). The van der Waals surface area contributed by atoms with Crippen LogP contribution in [-0.2, 0) is 4.79 Å². The lowest BCUT2D eigenvalue weighted by Crippen LogP contribution is -2.22. The maximum Gasteiger partial charge on any atom is 0.248 e. The molecule has 0 N–H and O–H groups in total. The van der Waals surface area contributed by atoms with Crippen LogP contribution in [0.15, 0.2) is 5.10 Å². The number of nitrogens with zero attached hydrogens (tertiary/aromatic N) is 2. The molecule has 1 aliphatic heterocycles. The summed E-state index contributed by atoms with van der Waals surface area (Å²) in [6, 6.07) is 0. The predicted molar refractivity (Wildman–Crippen MR) is 58.1 cm³/mol. The Morgan fingerprint density at radius 3 is 2.43 bits per heavy atom. The summed E-state index contributed by atoms with van der Waals surface area (Å²) in [6.07, 6.45) is 1.55. The molecule has 0 aromatic rings. The second kappa shape index (κ2) is 4.58. The Labute approximate surface area is 86.2 Å². The smallest absolute Gasteiger partial charge is 0.248 e. The summed E-state index contributed by atoms with van der Waals surface area (Å²) in [7, 11) is 0. The summed E-state index contributed by atoms with van der Waals surface area (Å²) in [6.45, 7) is 9.25. The summed E-state index contributed by atoms with van der Waals surface area (Å²) in [5.74, 6) is 1.18. The average Bonchev–Trinajstić information content (AvgIpc) is 2.43. The standard InChI is InChI=1S/C11H20N2O/c1-8(2)5-6-13-11(14)7-10(12-13)9(3)4/h8-9H,5-7H2,1-4H3. The van der Waals surface area contributed by atoms with E-state index in [-0.39, 0.29) is 5.91 Å². The maximum absolute atomic E-state index is 11.5. The zero-order chi connectivity index (χ0) is 10.7. The molecule has 3 nitrogen and oxygen atoms in total. The lowest BCUT2D eigenvalue weighted by Gasteiger charge is -2.12. The molecule has 14 heavy (non-hydrogen) atoms. The first-order valence-corrected chi connectivity index (χ1v) is 5.38. The third-order valence-corrected chi connectivity index (χ3v) is 2.45. The van der Waals surface area contributed by atoms with Gasteiger partial charge < -0.3 is 0 Å². The molecule has 0 unspecified atom stereocenters. The Balaban J connectivity index is 2.49. The number of rotatable bonds is 4. The summed E-state index contributed by atoms with van der Waals surface area (Å²) in [5, 5.41) is 5.98. The van der Waals surface area contributed by atoms with Gasteiger partial charge in [-0.15, -0.1) is 0 Å². The molecular weight excluding hydrogens is 176 g/mol. The Morgan fingerprint density at radius 1 is 1.36 bits per heavy atom. The first-order valence-electron chi connectivity index (χ1n) is 5.38. The van der Waals surface area contributed by atoms with Crippen molar-refractivity contribution in [1.82, 2.24) is 5.01 Å². The van der Waals surface area contributed by atoms with E-state index in [9.17, 15) is 4.79 Å². The number of carbonyl (C=O) groups excluding carboxylic acids is 1. The van der Waals surface area contributed by atoms with E-state index in [4.69, 9.17) is 0 Å². The van der Waals surface area contributed by atoms with Crippen molar-refractivity contribution in [3.05, 3.63) is 0 Å². The normalized spacial score (nSPS) is 17.1. The van der Waals surface area contributed by atoms with Gasteiger partial charge >= 0.3 is 0 Å². The molecule has 0 spiro atoms. The second-order valence-electron chi connectivity index (χ2n) is 4.62. The first kappa shape index (κ1) is 11.2. The number of hydrogen-bond acceptors (Lipinski definition) is 2. The Kier molecular flexibility index (Phi) is 3.67. The fourth-order valence-electron chi connectivity index (χ4n) is 1.37. The van der Waals surface area contributed by atoms with Crippen molar-refractivity contribution in [1.29, 1.82) is 0 Å². The van der Waals surface area contributed by atoms with Gasteiger partial charge in [0.15, 0.2) is 0 Å². The maximum atomic E-state index is 11.5. The fraction of sp³-hybridized carbons (Fsp3) is 0.818. The number of hydrazone groups is 1. The zero-order valence-electron chi connectivity index (χ0n) is 9.58. The number of carbonyl (C=O) groups is 1. The number of hydrogen-bond donors (Lipinski definition) is 0. The molecule has 80 valence electrons. The van der Waals surface area contributed by atoms with E-state index >= 15 is 0 Å². The van der Waals surface area contributed by atoms with Gasteiger partial charge in [-0.3, -0.25) is 4.79 Å². The first-order chi connectivity index (χ1) is 6.50. The third-order valence-electron chi connectivity index (χ3n) is 2.45. The van der Waals surface area contributed by atoms with Crippen LogP contribution >= 0.6 is 0 Å². The monoisotopic (exact) mass is 196 g/mol. The highest BCUT2D eigenvalue weighted by Crippen LogP contribution is 2.15. The van der Waals surface area contributed by atoms with Crippen molar-refractivity contribution < 1.29 is 4.79 Å². The molecule has 0 bridgehead atoms. The minimum Gasteiger partial charge on any atom is -0.273 e. The van der Waals surface area contributed by atoms with E-state index in [0.717, 1.165) is 18.7 Å². The van der Waals surface area contributed by atoms with E-state index < -0.39 is 0 Å². The lowest BCUT2D eigenvalue weighted by molar-refractivity contribution is -0.128. The molecule has 0 aromatic carbocycles. The van der Waals surface area contributed by atoms with Crippen LogP contribution in [0.5, 0.6) is 0 Å². The average molecular weight is 196 g/mol. The van der Waals surface area contributed by atoms with Crippen molar-refractivity contribution in [2.75, 3.05) is 6.54 Å². The molecular formula is C11H20N2O. The highest BCUT2D eigenvalue weighted by atomic mass is 16.2. The molecule has 0 aliphatic carbocycles. The third kappa shape index (κ3) is 2.82. The molecule has 1 heterocycles. The molecule has 0 fully saturated rings. The van der Waals surface area contributed by atoms with Crippen LogP contribution in [0, 0.1) is 11.8 Å². The minimum atomic E-state index is 0.161. The topological polar surface area (TPSA) is 32.7 Å². The van der Waals surface area contributed by atoms with E-state index in [0.29, 0.717) is 18.3 Å². The lowest BCUT2D eigenvalue weighted by atomic mass is 10.1. The van der Waals surface area contributed by atoms with Gasteiger partial charge in [0.2, 0.25) is 5.91 Å². The largest absolute Gasteiger partial charge is 0.273 e. The van der Waals surface area contributed by atoms with Crippen molar-refractivity contribution in [3.63, 3.8) is 0 Å². The van der Waals surface area contributed by atoms with Gasteiger partial charge in [0.25, 0.3) is 0 Å². The second-order valence-corrected chi connectivity index (χ2v) is 4.62. The Morgan fingerprint density at radius 2 is 2.00 bits per heavy atom. The van der Waals surface area contributed by atoms with Crippen molar-refractivity contribution in [3.8, 4) is 0 Å². The van der Waals surface area contributed by atoms with E-state index in [2.05, 4.69) is 32.8 Å². The van der Waals surface area contributed by atoms with Gasteiger partial charge in [0.05, 0.1) is 12.1 Å². The zero-order valence-corrected chi connectivity index (χ0v) is 9.58. The van der Waals surface area contributed by atoms with Crippen molar-refractivity contribution in [2.24, 2.45) is 16.9 Å². The van der Waals surface area contributed by atoms with Gasteiger partial charge in [-0.05, 0) is 18.3 Å².